The van der Waals surface area contributed by atoms with Crippen LogP contribution in [0.15, 0.2) is 12.3 Å². The van der Waals surface area contributed by atoms with Gasteiger partial charge in [-0.15, -0.1) is 0 Å². The van der Waals surface area contributed by atoms with E-state index in [1.54, 1.807) is 19.2 Å². The molecule has 0 saturated carbocycles. The monoisotopic (exact) mass is 253 g/mol. The van der Waals surface area contributed by atoms with E-state index in [4.69, 9.17) is 5.11 Å². The number of nitro groups is 1. The summed E-state index contributed by atoms with van der Waals surface area (Å²) in [5, 5.41) is 22.5. The molecular weight excluding hydrogens is 234 g/mol. The Morgan fingerprint density at radius 3 is 2.78 bits per heavy atom. The van der Waals surface area contributed by atoms with Crippen molar-refractivity contribution in [2.45, 2.75) is 32.6 Å². The van der Waals surface area contributed by atoms with Crippen LogP contribution in [0, 0.1) is 17.0 Å². The van der Waals surface area contributed by atoms with E-state index in [0.717, 1.165) is 25.7 Å². The van der Waals surface area contributed by atoms with Crippen molar-refractivity contribution in [3.63, 3.8) is 0 Å². The zero-order chi connectivity index (χ0) is 13.4. The minimum atomic E-state index is -0.406. The van der Waals surface area contributed by atoms with E-state index < -0.39 is 4.92 Å². The normalized spacial score (nSPS) is 10.3. The van der Waals surface area contributed by atoms with Gasteiger partial charge in [-0.05, 0) is 25.8 Å². The number of hydrogen-bond donors (Lipinski definition) is 2. The summed E-state index contributed by atoms with van der Waals surface area (Å²) in [4.78, 5) is 14.5. The predicted octanol–water partition coefficient (Wildman–Crippen LogP) is 2.26. The molecular formula is C12H19N3O3. The number of pyridine rings is 1. The fraction of sp³-hybridized carbons (Fsp3) is 0.583. The second-order valence-electron chi connectivity index (χ2n) is 4.15. The third kappa shape index (κ3) is 4.29. The summed E-state index contributed by atoms with van der Waals surface area (Å²) < 4.78 is 0. The van der Waals surface area contributed by atoms with Crippen LogP contribution in [0.3, 0.4) is 0 Å². The van der Waals surface area contributed by atoms with Gasteiger partial charge in [0.25, 0.3) is 0 Å². The first-order chi connectivity index (χ1) is 8.66. The van der Waals surface area contributed by atoms with Gasteiger partial charge in [-0.2, -0.15) is 0 Å². The van der Waals surface area contributed by atoms with Gasteiger partial charge in [0.15, 0.2) is 0 Å². The van der Waals surface area contributed by atoms with Crippen molar-refractivity contribution < 1.29 is 10.0 Å². The molecule has 0 saturated heterocycles. The van der Waals surface area contributed by atoms with E-state index in [1.807, 2.05) is 0 Å². The third-order valence-corrected chi connectivity index (χ3v) is 2.69. The molecule has 0 aliphatic heterocycles. The van der Waals surface area contributed by atoms with Gasteiger partial charge in [-0.1, -0.05) is 12.8 Å². The van der Waals surface area contributed by atoms with Crippen molar-refractivity contribution in [1.82, 2.24) is 4.98 Å². The number of aliphatic hydroxyl groups is 1. The molecule has 0 atom stereocenters. The van der Waals surface area contributed by atoms with E-state index in [2.05, 4.69) is 10.3 Å². The number of rotatable bonds is 8. The zero-order valence-corrected chi connectivity index (χ0v) is 10.6. The Balaban J connectivity index is 2.47. The Labute approximate surface area is 106 Å². The van der Waals surface area contributed by atoms with Gasteiger partial charge in [0, 0.05) is 24.9 Å². The summed E-state index contributed by atoms with van der Waals surface area (Å²) in [7, 11) is 0. The maximum Gasteiger partial charge on any atom is 0.314 e. The lowest BCUT2D eigenvalue weighted by Gasteiger charge is -2.07. The molecule has 6 heteroatoms. The first kappa shape index (κ1) is 14.4. The molecule has 18 heavy (non-hydrogen) atoms. The molecule has 0 fully saturated rings. The molecule has 100 valence electrons. The lowest BCUT2D eigenvalue weighted by molar-refractivity contribution is -0.384. The molecule has 0 spiro atoms. The number of unbranched alkanes of at least 4 members (excludes halogenated alkanes) is 3. The van der Waals surface area contributed by atoms with Crippen molar-refractivity contribution in [1.29, 1.82) is 0 Å². The van der Waals surface area contributed by atoms with Crippen LogP contribution in [-0.2, 0) is 0 Å². The van der Waals surface area contributed by atoms with Gasteiger partial charge in [0.1, 0.15) is 0 Å². The molecule has 6 nitrogen and oxygen atoms in total. The summed E-state index contributed by atoms with van der Waals surface area (Å²) in [6.45, 7) is 2.58. The quantitative estimate of drug-likeness (QED) is 0.421. The average Bonchev–Trinajstić information content (AvgIpc) is 2.33. The van der Waals surface area contributed by atoms with Crippen LogP contribution in [0.1, 0.15) is 31.2 Å². The van der Waals surface area contributed by atoms with Crippen LogP contribution < -0.4 is 5.32 Å². The van der Waals surface area contributed by atoms with E-state index in [1.165, 1.54) is 0 Å². The van der Waals surface area contributed by atoms with Crippen molar-refractivity contribution >= 4 is 11.5 Å². The topological polar surface area (TPSA) is 88.3 Å². The smallest absolute Gasteiger partial charge is 0.314 e. The van der Waals surface area contributed by atoms with Crippen LogP contribution in [0.25, 0.3) is 0 Å². The fourth-order valence-electron chi connectivity index (χ4n) is 1.71. The third-order valence-electron chi connectivity index (χ3n) is 2.69. The second kappa shape index (κ2) is 7.60. The highest BCUT2D eigenvalue weighted by molar-refractivity contribution is 5.59. The van der Waals surface area contributed by atoms with Crippen molar-refractivity contribution in [3.8, 4) is 0 Å². The van der Waals surface area contributed by atoms with Crippen LogP contribution in [-0.4, -0.2) is 28.2 Å². The van der Waals surface area contributed by atoms with Crippen molar-refractivity contribution in [3.05, 3.63) is 27.9 Å². The van der Waals surface area contributed by atoms with E-state index in [-0.39, 0.29) is 12.3 Å². The second-order valence-corrected chi connectivity index (χ2v) is 4.15. The van der Waals surface area contributed by atoms with Gasteiger partial charge in [0.05, 0.1) is 4.92 Å². The molecule has 2 N–H and O–H groups in total. The Kier molecular flexibility index (Phi) is 6.07. The molecule has 1 heterocycles. The Hall–Kier alpha value is -1.69. The number of anilines is 1. The van der Waals surface area contributed by atoms with Crippen molar-refractivity contribution in [2.24, 2.45) is 0 Å². The highest BCUT2D eigenvalue weighted by atomic mass is 16.6. The number of aromatic nitrogens is 1. The molecule has 0 aliphatic rings. The molecule has 1 aromatic heterocycles. The maximum atomic E-state index is 10.9. The molecule has 0 aromatic carbocycles. The lowest BCUT2D eigenvalue weighted by atomic mass is 10.2. The number of aryl methyl sites for hydroxylation is 1. The van der Waals surface area contributed by atoms with E-state index in [9.17, 15) is 10.1 Å². The lowest BCUT2D eigenvalue weighted by Crippen LogP contribution is -2.07. The zero-order valence-electron chi connectivity index (χ0n) is 10.6. The van der Waals surface area contributed by atoms with Gasteiger partial charge < -0.3 is 10.4 Å². The Morgan fingerprint density at radius 1 is 1.39 bits per heavy atom. The number of hydrogen-bond acceptors (Lipinski definition) is 5. The first-order valence-corrected chi connectivity index (χ1v) is 6.11. The molecule has 0 radical (unpaired) electrons. The summed E-state index contributed by atoms with van der Waals surface area (Å²) in [6.07, 6.45) is 5.25. The number of aliphatic hydroxyl groups excluding tert-OH is 1. The fourth-order valence-corrected chi connectivity index (χ4v) is 1.71. The molecule has 0 aliphatic carbocycles. The SMILES string of the molecule is Cc1ccnc(NCCCCCCO)c1[N+](=O)[O-]. The summed E-state index contributed by atoms with van der Waals surface area (Å²) >= 11 is 0. The van der Waals surface area contributed by atoms with Gasteiger partial charge in [-0.25, -0.2) is 4.98 Å². The number of nitrogens with zero attached hydrogens (tertiary/aromatic N) is 2. The molecule has 0 unspecified atom stereocenters. The minimum absolute atomic E-state index is 0.0489. The first-order valence-electron chi connectivity index (χ1n) is 6.11. The molecule has 0 bridgehead atoms. The van der Waals surface area contributed by atoms with E-state index >= 15 is 0 Å². The van der Waals surface area contributed by atoms with Crippen molar-refractivity contribution in [2.75, 3.05) is 18.5 Å². The standard InChI is InChI=1S/C12H19N3O3/c1-10-6-8-14-12(11(10)15(17)18)13-7-4-2-3-5-9-16/h6,8,16H,2-5,7,9H2,1H3,(H,13,14). The summed E-state index contributed by atoms with van der Waals surface area (Å²) in [5.74, 6) is 0.335. The Bertz CT molecular complexity index is 396. The van der Waals surface area contributed by atoms with Crippen LogP contribution >= 0.6 is 0 Å². The average molecular weight is 253 g/mol. The van der Waals surface area contributed by atoms with Gasteiger partial charge in [0.2, 0.25) is 5.82 Å². The highest BCUT2D eigenvalue weighted by Gasteiger charge is 2.17. The molecule has 0 amide bonds. The summed E-state index contributed by atoms with van der Waals surface area (Å²) in [6, 6.07) is 1.63. The predicted molar refractivity (Wildman–Crippen MR) is 69.7 cm³/mol. The minimum Gasteiger partial charge on any atom is -0.396 e. The van der Waals surface area contributed by atoms with Gasteiger partial charge >= 0.3 is 5.69 Å². The highest BCUT2D eigenvalue weighted by Crippen LogP contribution is 2.25. The van der Waals surface area contributed by atoms with Crippen LogP contribution in [0.5, 0.6) is 0 Å². The Morgan fingerprint density at radius 2 is 2.11 bits per heavy atom. The largest absolute Gasteiger partial charge is 0.396 e. The van der Waals surface area contributed by atoms with Gasteiger partial charge in [-0.3, -0.25) is 10.1 Å². The van der Waals surface area contributed by atoms with E-state index in [0.29, 0.717) is 17.9 Å². The van der Waals surface area contributed by atoms with Crippen LogP contribution in [0.2, 0.25) is 0 Å². The summed E-state index contributed by atoms with van der Waals surface area (Å²) in [5.41, 5.74) is 0.658. The van der Waals surface area contributed by atoms with Crippen LogP contribution in [0.4, 0.5) is 11.5 Å². The molecule has 1 rings (SSSR count). The maximum absolute atomic E-state index is 10.9. The number of nitrogens with one attached hydrogen (secondary N) is 1. The molecule has 1 aromatic rings.